The van der Waals surface area contributed by atoms with Gasteiger partial charge in [0.05, 0.1) is 13.2 Å². The zero-order valence-corrected chi connectivity index (χ0v) is 20.5. The third-order valence-corrected chi connectivity index (χ3v) is 5.34. The molecule has 0 unspecified atom stereocenters. The lowest BCUT2D eigenvalue weighted by Gasteiger charge is -2.21. The number of rotatable bonds is 22. The number of carboxylic acids is 1. The first-order chi connectivity index (χ1) is 16.0. The molecule has 0 aromatic heterocycles. The van der Waals surface area contributed by atoms with Gasteiger partial charge in [0.1, 0.15) is 6.61 Å². The van der Waals surface area contributed by atoms with E-state index in [0.29, 0.717) is 12.5 Å². The second-order valence-electron chi connectivity index (χ2n) is 8.28. The first-order valence-electron chi connectivity index (χ1n) is 12.6. The molecule has 190 valence electrons. The van der Waals surface area contributed by atoms with Crippen LogP contribution in [0.5, 0.6) is 0 Å². The van der Waals surface area contributed by atoms with Gasteiger partial charge in [-0.2, -0.15) is 0 Å². The summed E-state index contributed by atoms with van der Waals surface area (Å²) in [5.74, 6) is -2.08. The lowest BCUT2D eigenvalue weighted by Crippen LogP contribution is -2.36. The highest BCUT2D eigenvalue weighted by Gasteiger charge is 2.13. The summed E-state index contributed by atoms with van der Waals surface area (Å²) >= 11 is 0. The average Bonchev–Trinajstić information content (AvgIpc) is 2.79. The standard InChI is InChI=1S/C26H45NO6/c1-2-3-4-5-6-7-8-9-10-11-12-13-14-15-16-17-24(29)27(20-22-28)21-23-33-26(32)19-18-25(30)31/h9-10,18-19,28H,2-8,11-17,20-23H2,1H3,(H,30,31). The maximum absolute atomic E-state index is 12.3. The molecule has 0 saturated carbocycles. The van der Waals surface area contributed by atoms with Crippen LogP contribution in [0.3, 0.4) is 0 Å². The van der Waals surface area contributed by atoms with E-state index >= 15 is 0 Å². The van der Waals surface area contributed by atoms with Gasteiger partial charge in [-0.3, -0.25) is 4.79 Å². The van der Waals surface area contributed by atoms with E-state index in [0.717, 1.165) is 38.2 Å². The summed E-state index contributed by atoms with van der Waals surface area (Å²) in [4.78, 5) is 35.5. The second kappa shape index (κ2) is 23.0. The van der Waals surface area contributed by atoms with Crippen LogP contribution in [0.25, 0.3) is 0 Å². The fourth-order valence-corrected chi connectivity index (χ4v) is 3.43. The molecule has 0 aromatic carbocycles. The Morgan fingerprint density at radius 3 is 1.94 bits per heavy atom. The summed E-state index contributed by atoms with van der Waals surface area (Å²) in [5, 5.41) is 17.6. The van der Waals surface area contributed by atoms with E-state index in [4.69, 9.17) is 14.9 Å². The minimum Gasteiger partial charge on any atom is -0.478 e. The van der Waals surface area contributed by atoms with Crippen LogP contribution in [-0.4, -0.2) is 59.3 Å². The van der Waals surface area contributed by atoms with Crippen molar-refractivity contribution in [1.82, 2.24) is 4.90 Å². The lowest BCUT2D eigenvalue weighted by molar-refractivity contribution is -0.141. The van der Waals surface area contributed by atoms with Crippen LogP contribution in [0.4, 0.5) is 0 Å². The van der Waals surface area contributed by atoms with Gasteiger partial charge in [-0.15, -0.1) is 0 Å². The molecule has 33 heavy (non-hydrogen) atoms. The Labute approximate surface area is 199 Å². The number of esters is 1. The Bertz CT molecular complexity index is 573. The van der Waals surface area contributed by atoms with Crippen LogP contribution in [0.1, 0.15) is 96.8 Å². The number of ether oxygens (including phenoxy) is 1. The van der Waals surface area contributed by atoms with E-state index in [-0.39, 0.29) is 32.2 Å². The Kier molecular flexibility index (Phi) is 21.5. The number of hydrogen-bond acceptors (Lipinski definition) is 5. The van der Waals surface area contributed by atoms with Crippen molar-refractivity contribution in [2.24, 2.45) is 0 Å². The molecule has 1 amide bonds. The minimum atomic E-state index is -1.23. The monoisotopic (exact) mass is 467 g/mol. The molecule has 0 radical (unpaired) electrons. The van der Waals surface area contributed by atoms with Gasteiger partial charge in [-0.05, 0) is 32.1 Å². The molecule has 7 nitrogen and oxygen atoms in total. The molecule has 0 aliphatic heterocycles. The van der Waals surface area contributed by atoms with Crippen LogP contribution in [0, 0.1) is 0 Å². The summed E-state index contributed by atoms with van der Waals surface area (Å²) in [7, 11) is 0. The molecule has 7 heteroatoms. The SMILES string of the molecule is CCCCCCCCC=CCCCCCCCC(=O)N(CCO)CCOC(=O)C=CC(=O)O. The zero-order chi connectivity index (χ0) is 24.6. The Balaban J connectivity index is 3.75. The van der Waals surface area contributed by atoms with Crippen molar-refractivity contribution >= 4 is 17.8 Å². The zero-order valence-electron chi connectivity index (χ0n) is 20.5. The maximum Gasteiger partial charge on any atom is 0.331 e. The van der Waals surface area contributed by atoms with Gasteiger partial charge < -0.3 is 19.8 Å². The predicted octanol–water partition coefficient (Wildman–Crippen LogP) is 5.03. The Morgan fingerprint density at radius 2 is 1.36 bits per heavy atom. The number of amides is 1. The number of allylic oxidation sites excluding steroid dienone is 2. The van der Waals surface area contributed by atoms with Crippen molar-refractivity contribution in [3.05, 3.63) is 24.3 Å². The Morgan fingerprint density at radius 1 is 0.788 bits per heavy atom. The molecule has 0 aliphatic rings. The highest BCUT2D eigenvalue weighted by molar-refractivity contribution is 5.90. The van der Waals surface area contributed by atoms with Crippen molar-refractivity contribution in [3.63, 3.8) is 0 Å². The van der Waals surface area contributed by atoms with Gasteiger partial charge in [-0.1, -0.05) is 70.4 Å². The average molecular weight is 468 g/mol. The molecule has 0 atom stereocenters. The number of unbranched alkanes of at least 4 members (excludes halogenated alkanes) is 11. The number of aliphatic carboxylic acids is 1. The van der Waals surface area contributed by atoms with Gasteiger partial charge in [0.15, 0.2) is 0 Å². The van der Waals surface area contributed by atoms with Gasteiger partial charge in [-0.25, -0.2) is 9.59 Å². The first kappa shape index (κ1) is 30.9. The quantitative estimate of drug-likeness (QED) is 0.100. The number of aliphatic hydroxyl groups excluding tert-OH is 1. The first-order valence-corrected chi connectivity index (χ1v) is 12.6. The van der Waals surface area contributed by atoms with Crippen molar-refractivity contribution in [3.8, 4) is 0 Å². The molecule has 2 N–H and O–H groups in total. The number of aliphatic hydroxyl groups is 1. The molecular weight excluding hydrogens is 422 g/mol. The van der Waals surface area contributed by atoms with Crippen LogP contribution in [0.15, 0.2) is 24.3 Å². The van der Waals surface area contributed by atoms with Gasteiger partial charge in [0, 0.05) is 25.1 Å². The summed E-state index contributed by atoms with van der Waals surface area (Å²) in [6.07, 6.45) is 22.1. The molecule has 0 bridgehead atoms. The number of hydrogen-bond donors (Lipinski definition) is 2. The van der Waals surface area contributed by atoms with Crippen LogP contribution < -0.4 is 0 Å². The maximum atomic E-state index is 12.3. The molecule has 0 saturated heterocycles. The largest absolute Gasteiger partial charge is 0.478 e. The normalized spacial score (nSPS) is 11.3. The minimum absolute atomic E-state index is 0.0408. The van der Waals surface area contributed by atoms with Gasteiger partial charge in [0.2, 0.25) is 5.91 Å². The predicted molar refractivity (Wildman–Crippen MR) is 131 cm³/mol. The van der Waals surface area contributed by atoms with E-state index in [1.54, 1.807) is 0 Å². The Hall–Kier alpha value is -2.15. The molecular formula is C26H45NO6. The van der Waals surface area contributed by atoms with E-state index in [2.05, 4.69) is 19.1 Å². The fraction of sp³-hybridized carbons (Fsp3) is 0.731. The number of carbonyl (C=O) groups excluding carboxylic acids is 2. The van der Waals surface area contributed by atoms with Crippen molar-refractivity contribution in [2.75, 3.05) is 26.3 Å². The smallest absolute Gasteiger partial charge is 0.331 e. The van der Waals surface area contributed by atoms with E-state index in [1.807, 2.05) is 0 Å². The van der Waals surface area contributed by atoms with E-state index in [9.17, 15) is 14.4 Å². The van der Waals surface area contributed by atoms with Gasteiger partial charge >= 0.3 is 11.9 Å². The number of carboxylic acid groups (broad SMARTS) is 1. The van der Waals surface area contributed by atoms with Crippen LogP contribution in [-0.2, 0) is 19.1 Å². The molecule has 0 aromatic rings. The van der Waals surface area contributed by atoms with Crippen molar-refractivity contribution in [1.29, 1.82) is 0 Å². The third-order valence-electron chi connectivity index (χ3n) is 5.34. The summed E-state index contributed by atoms with van der Waals surface area (Å²) in [6.45, 7) is 2.41. The number of nitrogens with zero attached hydrogens (tertiary/aromatic N) is 1. The van der Waals surface area contributed by atoms with E-state index < -0.39 is 11.9 Å². The highest BCUT2D eigenvalue weighted by atomic mass is 16.5. The summed E-state index contributed by atoms with van der Waals surface area (Å²) in [6, 6.07) is 0. The molecule has 0 rings (SSSR count). The molecule has 0 aliphatic carbocycles. The highest BCUT2D eigenvalue weighted by Crippen LogP contribution is 2.10. The lowest BCUT2D eigenvalue weighted by atomic mass is 10.1. The van der Waals surface area contributed by atoms with Crippen LogP contribution in [0.2, 0.25) is 0 Å². The molecule has 0 heterocycles. The van der Waals surface area contributed by atoms with Crippen LogP contribution >= 0.6 is 0 Å². The fourth-order valence-electron chi connectivity index (χ4n) is 3.43. The van der Waals surface area contributed by atoms with Crippen molar-refractivity contribution in [2.45, 2.75) is 96.8 Å². The summed E-state index contributed by atoms with van der Waals surface area (Å²) in [5.41, 5.74) is 0. The van der Waals surface area contributed by atoms with E-state index in [1.165, 1.54) is 56.3 Å². The third kappa shape index (κ3) is 21.5. The molecule has 0 spiro atoms. The number of carbonyl (C=O) groups is 3. The topological polar surface area (TPSA) is 104 Å². The molecule has 0 fully saturated rings. The van der Waals surface area contributed by atoms with Crippen molar-refractivity contribution < 1.29 is 29.3 Å². The van der Waals surface area contributed by atoms with Gasteiger partial charge in [0.25, 0.3) is 0 Å². The summed E-state index contributed by atoms with van der Waals surface area (Å²) < 4.78 is 4.88. The second-order valence-corrected chi connectivity index (χ2v) is 8.28.